The minimum Gasteiger partial charge on any atom is -0.480 e. The SMILES string of the molecule is O=C(O)C1(C(=O)NCc2ccnc(OCc3ccccc3)c2)CC1. The number of carbonyl (C=O) groups is 2. The van der Waals surface area contributed by atoms with Gasteiger partial charge < -0.3 is 15.2 Å². The molecule has 24 heavy (non-hydrogen) atoms. The second-order valence-electron chi connectivity index (χ2n) is 5.85. The smallest absolute Gasteiger partial charge is 0.319 e. The number of hydrogen-bond acceptors (Lipinski definition) is 4. The maximum absolute atomic E-state index is 12.0. The molecule has 1 heterocycles. The van der Waals surface area contributed by atoms with E-state index >= 15 is 0 Å². The Morgan fingerprint density at radius 2 is 1.92 bits per heavy atom. The zero-order valence-corrected chi connectivity index (χ0v) is 13.1. The van der Waals surface area contributed by atoms with Crippen molar-refractivity contribution in [3.05, 3.63) is 59.8 Å². The summed E-state index contributed by atoms with van der Waals surface area (Å²) in [5, 5.41) is 11.8. The van der Waals surface area contributed by atoms with E-state index in [0.717, 1.165) is 11.1 Å². The maximum Gasteiger partial charge on any atom is 0.319 e. The van der Waals surface area contributed by atoms with Crippen molar-refractivity contribution in [1.29, 1.82) is 0 Å². The van der Waals surface area contributed by atoms with E-state index in [1.54, 1.807) is 18.3 Å². The predicted octanol–water partition coefficient (Wildman–Crippen LogP) is 2.14. The molecule has 2 N–H and O–H groups in total. The normalized spacial score (nSPS) is 14.7. The Morgan fingerprint density at radius 3 is 2.58 bits per heavy atom. The van der Waals surface area contributed by atoms with Gasteiger partial charge in [0.25, 0.3) is 0 Å². The number of ether oxygens (including phenoxy) is 1. The number of nitrogens with one attached hydrogen (secondary N) is 1. The number of benzene rings is 1. The lowest BCUT2D eigenvalue weighted by Gasteiger charge is -2.11. The molecular weight excluding hydrogens is 308 g/mol. The average Bonchev–Trinajstić information content (AvgIpc) is 3.41. The van der Waals surface area contributed by atoms with Crippen LogP contribution in [-0.4, -0.2) is 22.0 Å². The van der Waals surface area contributed by atoms with Gasteiger partial charge in [0.15, 0.2) is 0 Å². The number of amides is 1. The molecule has 0 aliphatic heterocycles. The van der Waals surface area contributed by atoms with Gasteiger partial charge in [-0.2, -0.15) is 0 Å². The Kier molecular flexibility index (Phi) is 4.46. The van der Waals surface area contributed by atoms with Crippen LogP contribution < -0.4 is 10.1 Å². The Labute approximate surface area is 139 Å². The first-order chi connectivity index (χ1) is 11.6. The topological polar surface area (TPSA) is 88.5 Å². The number of hydrogen-bond donors (Lipinski definition) is 2. The van der Waals surface area contributed by atoms with Crippen molar-refractivity contribution in [3.63, 3.8) is 0 Å². The van der Waals surface area contributed by atoms with Crippen LogP contribution >= 0.6 is 0 Å². The Bertz CT molecular complexity index is 742. The van der Waals surface area contributed by atoms with Crippen LogP contribution in [0.4, 0.5) is 0 Å². The summed E-state index contributed by atoms with van der Waals surface area (Å²) in [6.45, 7) is 0.657. The molecule has 0 saturated heterocycles. The fraction of sp³-hybridized carbons (Fsp3) is 0.278. The number of carboxylic acid groups (broad SMARTS) is 1. The molecule has 6 nitrogen and oxygen atoms in total. The van der Waals surface area contributed by atoms with Crippen molar-refractivity contribution in [3.8, 4) is 5.88 Å². The van der Waals surface area contributed by atoms with Crippen LogP contribution in [0, 0.1) is 5.41 Å². The van der Waals surface area contributed by atoms with E-state index in [0.29, 0.717) is 25.3 Å². The summed E-state index contributed by atoms with van der Waals surface area (Å²) >= 11 is 0. The second-order valence-corrected chi connectivity index (χ2v) is 5.85. The summed E-state index contributed by atoms with van der Waals surface area (Å²) in [4.78, 5) is 27.3. The first-order valence-corrected chi connectivity index (χ1v) is 7.73. The minimum atomic E-state index is -1.22. The molecule has 0 atom stereocenters. The first-order valence-electron chi connectivity index (χ1n) is 7.73. The highest BCUT2D eigenvalue weighted by molar-refractivity contribution is 6.04. The van der Waals surface area contributed by atoms with Gasteiger partial charge in [-0.15, -0.1) is 0 Å². The molecule has 1 fully saturated rings. The molecule has 0 bridgehead atoms. The zero-order valence-electron chi connectivity index (χ0n) is 13.1. The largest absolute Gasteiger partial charge is 0.480 e. The molecule has 0 spiro atoms. The number of aromatic nitrogens is 1. The van der Waals surface area contributed by atoms with Gasteiger partial charge in [-0.3, -0.25) is 9.59 Å². The Morgan fingerprint density at radius 1 is 1.17 bits per heavy atom. The maximum atomic E-state index is 12.0. The number of rotatable bonds is 7. The van der Waals surface area contributed by atoms with Crippen molar-refractivity contribution < 1.29 is 19.4 Å². The molecule has 0 unspecified atom stereocenters. The Balaban J connectivity index is 1.55. The number of carbonyl (C=O) groups excluding carboxylic acids is 1. The van der Waals surface area contributed by atoms with Crippen molar-refractivity contribution in [2.45, 2.75) is 26.0 Å². The number of pyridine rings is 1. The molecule has 3 rings (SSSR count). The fourth-order valence-corrected chi connectivity index (χ4v) is 2.39. The summed E-state index contributed by atoms with van der Waals surface area (Å²) < 4.78 is 5.64. The average molecular weight is 326 g/mol. The van der Waals surface area contributed by atoms with Crippen molar-refractivity contribution in [2.24, 2.45) is 5.41 Å². The van der Waals surface area contributed by atoms with E-state index in [2.05, 4.69) is 10.3 Å². The third-order valence-electron chi connectivity index (χ3n) is 4.08. The molecule has 1 amide bonds. The van der Waals surface area contributed by atoms with Crippen LogP contribution in [-0.2, 0) is 22.7 Å². The van der Waals surface area contributed by atoms with Crippen LogP contribution in [0.5, 0.6) is 5.88 Å². The molecule has 2 aromatic rings. The van der Waals surface area contributed by atoms with Crippen LogP contribution in [0.15, 0.2) is 48.7 Å². The second kappa shape index (κ2) is 6.70. The molecule has 124 valence electrons. The van der Waals surface area contributed by atoms with Crippen LogP contribution in [0.2, 0.25) is 0 Å². The molecule has 6 heteroatoms. The van der Waals surface area contributed by atoms with E-state index in [1.807, 2.05) is 30.3 Å². The third-order valence-corrected chi connectivity index (χ3v) is 4.08. The van der Waals surface area contributed by atoms with Gasteiger partial charge in [-0.25, -0.2) is 4.98 Å². The summed E-state index contributed by atoms with van der Waals surface area (Å²) in [6, 6.07) is 13.2. The molecule has 1 aliphatic carbocycles. The number of carboxylic acids is 1. The van der Waals surface area contributed by atoms with E-state index < -0.39 is 17.3 Å². The van der Waals surface area contributed by atoms with Crippen molar-refractivity contribution in [1.82, 2.24) is 10.3 Å². The van der Waals surface area contributed by atoms with Crippen molar-refractivity contribution >= 4 is 11.9 Å². The zero-order chi connectivity index (χ0) is 17.0. The standard InChI is InChI=1S/C18H18N2O4/c21-16(18(7-8-18)17(22)23)20-11-14-6-9-19-15(10-14)24-12-13-4-2-1-3-5-13/h1-6,9-10H,7-8,11-12H2,(H,20,21)(H,22,23). The highest BCUT2D eigenvalue weighted by Gasteiger charge is 2.56. The predicted molar refractivity (Wildman–Crippen MR) is 86.2 cm³/mol. The summed E-state index contributed by atoms with van der Waals surface area (Å²) in [5.41, 5.74) is 0.623. The molecular formula is C18H18N2O4. The van der Waals surface area contributed by atoms with Gasteiger partial charge in [0.1, 0.15) is 12.0 Å². The molecule has 1 aliphatic rings. The lowest BCUT2D eigenvalue weighted by Crippen LogP contribution is -2.36. The molecule has 1 saturated carbocycles. The van der Waals surface area contributed by atoms with Gasteiger partial charge in [0, 0.05) is 18.8 Å². The highest BCUT2D eigenvalue weighted by atomic mass is 16.5. The Hall–Kier alpha value is -2.89. The van der Waals surface area contributed by atoms with Gasteiger partial charge in [0.05, 0.1) is 0 Å². The third kappa shape index (κ3) is 3.53. The summed E-state index contributed by atoms with van der Waals surface area (Å²) in [7, 11) is 0. The molecule has 1 aromatic carbocycles. The minimum absolute atomic E-state index is 0.248. The van der Waals surface area contributed by atoms with Crippen molar-refractivity contribution in [2.75, 3.05) is 0 Å². The molecule has 1 aromatic heterocycles. The molecule has 0 radical (unpaired) electrons. The fourth-order valence-electron chi connectivity index (χ4n) is 2.39. The van der Waals surface area contributed by atoms with E-state index in [4.69, 9.17) is 9.84 Å². The number of nitrogens with zero attached hydrogens (tertiary/aromatic N) is 1. The van der Waals surface area contributed by atoms with Gasteiger partial charge in [-0.05, 0) is 30.0 Å². The van der Waals surface area contributed by atoms with Crippen LogP contribution in [0.3, 0.4) is 0 Å². The lowest BCUT2D eigenvalue weighted by molar-refractivity contribution is -0.149. The van der Waals surface area contributed by atoms with E-state index in [-0.39, 0.29) is 6.54 Å². The summed E-state index contributed by atoms with van der Waals surface area (Å²) in [5.74, 6) is -1.02. The van der Waals surface area contributed by atoms with Gasteiger partial charge in [0.2, 0.25) is 11.8 Å². The van der Waals surface area contributed by atoms with Gasteiger partial charge in [-0.1, -0.05) is 30.3 Å². The highest BCUT2D eigenvalue weighted by Crippen LogP contribution is 2.46. The van der Waals surface area contributed by atoms with E-state index in [1.165, 1.54) is 0 Å². The monoisotopic (exact) mass is 326 g/mol. The first kappa shape index (κ1) is 16.0. The van der Waals surface area contributed by atoms with Crippen LogP contribution in [0.1, 0.15) is 24.0 Å². The van der Waals surface area contributed by atoms with Gasteiger partial charge >= 0.3 is 5.97 Å². The van der Waals surface area contributed by atoms with Crippen LogP contribution in [0.25, 0.3) is 0 Å². The quantitative estimate of drug-likeness (QED) is 0.761. The lowest BCUT2D eigenvalue weighted by atomic mass is 10.1. The van der Waals surface area contributed by atoms with E-state index in [9.17, 15) is 9.59 Å². The summed E-state index contributed by atoms with van der Waals surface area (Å²) in [6.07, 6.45) is 2.40. The number of aliphatic carboxylic acids is 1.